The van der Waals surface area contributed by atoms with Gasteiger partial charge in [0, 0.05) is 30.6 Å². The van der Waals surface area contributed by atoms with Crippen molar-refractivity contribution in [1.82, 2.24) is 19.9 Å². The summed E-state index contributed by atoms with van der Waals surface area (Å²) in [6.07, 6.45) is 10.2. The summed E-state index contributed by atoms with van der Waals surface area (Å²) in [4.78, 5) is 26.8. The van der Waals surface area contributed by atoms with Crippen LogP contribution in [0.15, 0.2) is 30.2 Å². The summed E-state index contributed by atoms with van der Waals surface area (Å²) in [6, 6.07) is 4.12. The minimum Gasteiger partial charge on any atom is -0.340 e. The fraction of sp³-hybridized carbons (Fsp3) is 0.640. The van der Waals surface area contributed by atoms with Crippen LogP contribution in [0.4, 0.5) is 4.39 Å². The van der Waals surface area contributed by atoms with Gasteiger partial charge in [0.25, 0.3) is 5.91 Å². The van der Waals surface area contributed by atoms with E-state index in [1.54, 1.807) is 24.2 Å². The number of aromatic nitrogens is 3. The van der Waals surface area contributed by atoms with E-state index in [1.165, 1.54) is 6.42 Å². The molecular weight excluding hydrogens is 391 g/mol. The van der Waals surface area contributed by atoms with Crippen LogP contribution in [0.5, 0.6) is 0 Å². The highest BCUT2D eigenvalue weighted by Crippen LogP contribution is 2.67. The molecule has 3 aliphatic carbocycles. The summed E-state index contributed by atoms with van der Waals surface area (Å²) < 4.78 is 14.6. The van der Waals surface area contributed by atoms with Gasteiger partial charge in [-0.15, -0.1) is 0 Å². The number of carbonyl (C=O) groups is 1. The van der Waals surface area contributed by atoms with E-state index in [0.29, 0.717) is 23.7 Å². The van der Waals surface area contributed by atoms with Gasteiger partial charge in [-0.1, -0.05) is 13.8 Å². The predicted octanol–water partition coefficient (Wildman–Crippen LogP) is 4.98. The number of nitrogens with one attached hydrogen (secondary N) is 1. The SMILES string of the molecule is CN1C(=O)C(F)=C[C@]2(C)[C@H]3CC[C@]4(C)[C@@H](c5nc6ncccc6[nH]5)CC[C@H]4[C@@H]3CC[C@@H]12. The Balaban J connectivity index is 1.34. The molecule has 0 unspecified atom stereocenters. The van der Waals surface area contributed by atoms with Crippen LogP contribution >= 0.6 is 0 Å². The van der Waals surface area contributed by atoms with E-state index in [2.05, 4.69) is 23.8 Å². The molecule has 0 bridgehead atoms. The zero-order chi connectivity index (χ0) is 21.5. The standard InChI is InChI=1S/C25H31FN4O/c1-24-11-10-16-14(6-9-20-25(16,2)13-18(26)23(31)30(20)3)15(24)7-8-17(24)21-28-19-5-4-12-27-22(19)29-21/h4-5,12-17,20H,6-11H2,1-3H3,(H,27,28,29)/t14-,15-,16-,17+,20+,24-,25+/m0/s1. The molecule has 164 valence electrons. The molecule has 3 fully saturated rings. The molecule has 4 aliphatic rings. The van der Waals surface area contributed by atoms with Crippen LogP contribution in [0, 0.1) is 28.6 Å². The third-order valence-corrected chi connectivity index (χ3v) is 9.76. The number of pyridine rings is 1. The van der Waals surface area contributed by atoms with Crippen LogP contribution in [-0.4, -0.2) is 38.8 Å². The highest BCUT2D eigenvalue weighted by Gasteiger charge is 2.61. The molecule has 3 heterocycles. The zero-order valence-corrected chi connectivity index (χ0v) is 18.6. The fourth-order valence-corrected chi connectivity index (χ4v) is 8.31. The van der Waals surface area contributed by atoms with Gasteiger partial charge < -0.3 is 9.88 Å². The van der Waals surface area contributed by atoms with E-state index < -0.39 is 11.7 Å². The Labute approximate surface area is 182 Å². The summed E-state index contributed by atoms with van der Waals surface area (Å²) >= 11 is 0. The second-order valence-corrected chi connectivity index (χ2v) is 10.9. The first kappa shape index (κ1) is 19.4. The summed E-state index contributed by atoms with van der Waals surface area (Å²) in [5, 5.41) is 0. The number of hydrogen-bond acceptors (Lipinski definition) is 3. The first-order chi connectivity index (χ1) is 14.8. The van der Waals surface area contributed by atoms with Crippen LogP contribution in [0.2, 0.25) is 0 Å². The van der Waals surface area contributed by atoms with Gasteiger partial charge in [-0.05, 0) is 79.9 Å². The number of imidazole rings is 1. The van der Waals surface area contributed by atoms with Crippen molar-refractivity contribution in [3.05, 3.63) is 36.1 Å². The number of aromatic amines is 1. The van der Waals surface area contributed by atoms with Crippen molar-refractivity contribution in [3.63, 3.8) is 0 Å². The van der Waals surface area contributed by atoms with Crippen LogP contribution in [0.3, 0.4) is 0 Å². The number of fused-ring (bicyclic) bond motifs is 6. The molecule has 2 aromatic heterocycles. The number of halogens is 1. The normalized spacial score (nSPS) is 42.2. The summed E-state index contributed by atoms with van der Waals surface area (Å²) in [6.45, 7) is 4.67. The highest BCUT2D eigenvalue weighted by atomic mass is 19.1. The number of rotatable bonds is 1. The Morgan fingerprint density at radius 3 is 2.81 bits per heavy atom. The van der Waals surface area contributed by atoms with E-state index in [4.69, 9.17) is 4.98 Å². The lowest BCUT2D eigenvalue weighted by molar-refractivity contribution is -0.141. The zero-order valence-electron chi connectivity index (χ0n) is 18.6. The molecule has 0 spiro atoms. The third kappa shape index (κ3) is 2.50. The molecule has 5 nitrogen and oxygen atoms in total. The molecule has 0 aromatic carbocycles. The van der Waals surface area contributed by atoms with Gasteiger partial charge >= 0.3 is 0 Å². The molecule has 6 heteroatoms. The second-order valence-electron chi connectivity index (χ2n) is 10.9. The lowest BCUT2D eigenvalue weighted by Gasteiger charge is -2.60. The van der Waals surface area contributed by atoms with Crippen molar-refractivity contribution in [2.75, 3.05) is 7.05 Å². The minimum atomic E-state index is -0.561. The molecule has 6 rings (SSSR count). The van der Waals surface area contributed by atoms with E-state index in [0.717, 1.165) is 49.1 Å². The number of carbonyl (C=O) groups excluding carboxylic acids is 1. The summed E-state index contributed by atoms with van der Waals surface area (Å²) in [5.41, 5.74) is 1.76. The van der Waals surface area contributed by atoms with Gasteiger partial charge in [-0.3, -0.25) is 4.79 Å². The second kappa shape index (κ2) is 6.39. The van der Waals surface area contributed by atoms with Gasteiger partial charge in [-0.25, -0.2) is 14.4 Å². The van der Waals surface area contributed by atoms with Gasteiger partial charge in [0.1, 0.15) is 5.82 Å². The van der Waals surface area contributed by atoms with Crippen molar-refractivity contribution in [3.8, 4) is 0 Å². The maximum Gasteiger partial charge on any atom is 0.282 e. The molecule has 31 heavy (non-hydrogen) atoms. The Bertz CT molecular complexity index is 1060. The lowest BCUT2D eigenvalue weighted by Crippen LogP contribution is -2.60. The molecule has 0 radical (unpaired) electrons. The molecule has 7 atom stereocenters. The van der Waals surface area contributed by atoms with Gasteiger partial charge in [0.2, 0.25) is 0 Å². The van der Waals surface area contributed by atoms with Gasteiger partial charge in [-0.2, -0.15) is 0 Å². The average Bonchev–Trinajstić information content (AvgIpc) is 3.32. The van der Waals surface area contributed by atoms with E-state index in [9.17, 15) is 9.18 Å². The summed E-state index contributed by atoms with van der Waals surface area (Å²) in [5.74, 6) is 2.14. The van der Waals surface area contributed by atoms with Crippen molar-refractivity contribution in [2.24, 2.45) is 28.6 Å². The topological polar surface area (TPSA) is 61.9 Å². The molecule has 1 N–H and O–H groups in total. The monoisotopic (exact) mass is 422 g/mol. The van der Waals surface area contributed by atoms with E-state index in [-0.39, 0.29) is 16.9 Å². The Morgan fingerprint density at radius 2 is 2.00 bits per heavy atom. The number of hydrogen-bond donors (Lipinski definition) is 1. The smallest absolute Gasteiger partial charge is 0.282 e. The predicted molar refractivity (Wildman–Crippen MR) is 117 cm³/mol. The quantitative estimate of drug-likeness (QED) is 0.705. The number of likely N-dealkylation sites (N-methyl/N-ethyl adjacent to an activating group) is 1. The first-order valence-corrected chi connectivity index (χ1v) is 11.8. The molecule has 0 saturated heterocycles. The van der Waals surface area contributed by atoms with Gasteiger partial charge in [0.15, 0.2) is 11.5 Å². The molecule has 3 saturated carbocycles. The van der Waals surface area contributed by atoms with Crippen LogP contribution < -0.4 is 0 Å². The van der Waals surface area contributed by atoms with Crippen molar-refractivity contribution >= 4 is 17.1 Å². The summed E-state index contributed by atoms with van der Waals surface area (Å²) in [7, 11) is 1.78. The van der Waals surface area contributed by atoms with Gasteiger partial charge in [0.05, 0.1) is 5.52 Å². The maximum absolute atomic E-state index is 14.6. The number of H-pyrrole nitrogens is 1. The van der Waals surface area contributed by atoms with E-state index in [1.807, 2.05) is 12.1 Å². The average molecular weight is 423 g/mol. The Hall–Kier alpha value is -2.24. The Kier molecular flexibility index (Phi) is 4.01. The van der Waals surface area contributed by atoms with Crippen LogP contribution in [0.25, 0.3) is 11.2 Å². The van der Waals surface area contributed by atoms with Crippen molar-refractivity contribution < 1.29 is 9.18 Å². The molecular formula is C25H31FN4O. The van der Waals surface area contributed by atoms with Crippen LogP contribution in [-0.2, 0) is 4.79 Å². The number of amides is 1. The maximum atomic E-state index is 14.6. The van der Waals surface area contributed by atoms with E-state index >= 15 is 0 Å². The van der Waals surface area contributed by atoms with Crippen LogP contribution in [0.1, 0.15) is 64.1 Å². The van der Waals surface area contributed by atoms with Crippen molar-refractivity contribution in [2.45, 2.75) is 64.3 Å². The van der Waals surface area contributed by atoms with Crippen molar-refractivity contribution in [1.29, 1.82) is 0 Å². The molecule has 1 aliphatic heterocycles. The molecule has 1 amide bonds. The molecule has 2 aromatic rings. The first-order valence-electron chi connectivity index (χ1n) is 11.8. The Morgan fingerprint density at radius 1 is 1.16 bits per heavy atom. The highest BCUT2D eigenvalue weighted by molar-refractivity contribution is 5.92. The third-order valence-electron chi connectivity index (χ3n) is 9.76. The lowest BCUT2D eigenvalue weighted by atomic mass is 9.47. The largest absolute Gasteiger partial charge is 0.340 e. The number of nitrogens with zero attached hydrogens (tertiary/aromatic N) is 3. The minimum absolute atomic E-state index is 0.115. The fourth-order valence-electron chi connectivity index (χ4n) is 8.31.